The van der Waals surface area contributed by atoms with Crippen LogP contribution in [0.25, 0.3) is 0 Å². The monoisotopic (exact) mass is 309 g/mol. The molecule has 0 aromatic heterocycles. The van der Waals surface area contributed by atoms with Gasteiger partial charge in [0.05, 0.1) is 4.47 Å². The van der Waals surface area contributed by atoms with Gasteiger partial charge in [-0.25, -0.2) is 0 Å². The van der Waals surface area contributed by atoms with E-state index in [1.807, 2.05) is 0 Å². The lowest BCUT2D eigenvalue weighted by molar-refractivity contribution is 0.120. The van der Waals surface area contributed by atoms with Crippen LogP contribution in [-0.2, 0) is 0 Å². The van der Waals surface area contributed by atoms with Crippen molar-refractivity contribution < 1.29 is 4.74 Å². The maximum atomic E-state index is 6.32. The summed E-state index contributed by atoms with van der Waals surface area (Å²) >= 11 is 3.61. The highest BCUT2D eigenvalue weighted by Crippen LogP contribution is 2.41. The molecule has 1 aliphatic carbocycles. The quantitative estimate of drug-likeness (QED) is 0.919. The second kappa shape index (κ2) is 5.22. The SMILES string of the molecule is Cc1ccc(OC(C2CC2)[C@@H]2CCNC2)c(Br)c1. The van der Waals surface area contributed by atoms with Gasteiger partial charge in [-0.1, -0.05) is 6.07 Å². The molecule has 1 aliphatic heterocycles. The van der Waals surface area contributed by atoms with Crippen molar-refractivity contribution >= 4 is 15.9 Å². The molecule has 2 atom stereocenters. The van der Waals surface area contributed by atoms with Crippen LogP contribution in [0.15, 0.2) is 22.7 Å². The van der Waals surface area contributed by atoms with Crippen LogP contribution in [0.5, 0.6) is 5.75 Å². The fraction of sp³-hybridized carbons (Fsp3) is 0.600. The molecule has 98 valence electrons. The molecule has 1 N–H and O–H groups in total. The van der Waals surface area contributed by atoms with Gasteiger partial charge in [-0.3, -0.25) is 0 Å². The molecule has 1 aromatic carbocycles. The van der Waals surface area contributed by atoms with E-state index in [2.05, 4.69) is 46.4 Å². The van der Waals surface area contributed by atoms with E-state index in [4.69, 9.17) is 4.74 Å². The third-order valence-corrected chi connectivity index (χ3v) is 4.62. The van der Waals surface area contributed by atoms with Crippen molar-refractivity contribution in [2.45, 2.75) is 32.3 Å². The maximum absolute atomic E-state index is 6.32. The van der Waals surface area contributed by atoms with Crippen molar-refractivity contribution in [2.75, 3.05) is 13.1 Å². The van der Waals surface area contributed by atoms with Crippen LogP contribution in [0, 0.1) is 18.8 Å². The topological polar surface area (TPSA) is 21.3 Å². The highest BCUT2D eigenvalue weighted by atomic mass is 79.9. The van der Waals surface area contributed by atoms with E-state index in [-0.39, 0.29) is 0 Å². The Morgan fingerprint density at radius 2 is 2.11 bits per heavy atom. The molecule has 1 aromatic rings. The minimum absolute atomic E-state index is 0.402. The fourth-order valence-electron chi connectivity index (χ4n) is 2.81. The van der Waals surface area contributed by atoms with Gasteiger partial charge in [-0.15, -0.1) is 0 Å². The lowest BCUT2D eigenvalue weighted by Gasteiger charge is -2.25. The third-order valence-electron chi connectivity index (χ3n) is 4.00. The first-order valence-electron chi connectivity index (χ1n) is 6.87. The zero-order valence-electron chi connectivity index (χ0n) is 10.8. The summed E-state index contributed by atoms with van der Waals surface area (Å²) < 4.78 is 7.40. The zero-order valence-corrected chi connectivity index (χ0v) is 12.4. The highest BCUT2D eigenvalue weighted by Gasteiger charge is 2.39. The van der Waals surface area contributed by atoms with Gasteiger partial charge in [-0.2, -0.15) is 0 Å². The molecule has 1 heterocycles. The largest absolute Gasteiger partial charge is 0.489 e. The van der Waals surface area contributed by atoms with E-state index in [1.54, 1.807) is 0 Å². The van der Waals surface area contributed by atoms with Gasteiger partial charge in [0, 0.05) is 12.5 Å². The Morgan fingerprint density at radius 3 is 2.72 bits per heavy atom. The average molecular weight is 310 g/mol. The molecule has 0 radical (unpaired) electrons. The van der Waals surface area contributed by atoms with Crippen molar-refractivity contribution in [3.05, 3.63) is 28.2 Å². The number of benzene rings is 1. The summed E-state index contributed by atoms with van der Waals surface area (Å²) in [6.07, 6.45) is 4.33. The second-order valence-electron chi connectivity index (χ2n) is 5.61. The summed E-state index contributed by atoms with van der Waals surface area (Å²) in [5.41, 5.74) is 1.26. The lowest BCUT2D eigenvalue weighted by Crippen LogP contribution is -2.30. The van der Waals surface area contributed by atoms with Gasteiger partial charge in [-0.05, 0) is 72.3 Å². The van der Waals surface area contributed by atoms with E-state index in [0.717, 1.165) is 29.2 Å². The number of ether oxygens (including phenoxy) is 1. The summed E-state index contributed by atoms with van der Waals surface area (Å²) in [4.78, 5) is 0. The molecule has 0 spiro atoms. The highest BCUT2D eigenvalue weighted by molar-refractivity contribution is 9.10. The number of halogens is 1. The Morgan fingerprint density at radius 1 is 1.28 bits per heavy atom. The number of hydrogen-bond acceptors (Lipinski definition) is 2. The van der Waals surface area contributed by atoms with Crippen LogP contribution in [0.4, 0.5) is 0 Å². The van der Waals surface area contributed by atoms with Crippen LogP contribution in [0.1, 0.15) is 24.8 Å². The van der Waals surface area contributed by atoms with Crippen molar-refractivity contribution in [1.82, 2.24) is 5.32 Å². The van der Waals surface area contributed by atoms with Gasteiger partial charge in [0.25, 0.3) is 0 Å². The van der Waals surface area contributed by atoms with Crippen LogP contribution >= 0.6 is 15.9 Å². The second-order valence-corrected chi connectivity index (χ2v) is 6.46. The molecular formula is C15H20BrNO. The molecule has 1 unspecified atom stereocenters. The maximum Gasteiger partial charge on any atom is 0.133 e. The van der Waals surface area contributed by atoms with Gasteiger partial charge in [0.1, 0.15) is 11.9 Å². The molecule has 3 heteroatoms. The Bertz CT molecular complexity index is 425. The summed E-state index contributed by atoms with van der Waals surface area (Å²) in [5, 5.41) is 3.45. The zero-order chi connectivity index (χ0) is 12.5. The average Bonchev–Trinajstić information content (AvgIpc) is 3.03. The van der Waals surface area contributed by atoms with Gasteiger partial charge < -0.3 is 10.1 Å². The van der Waals surface area contributed by atoms with Crippen molar-refractivity contribution in [3.63, 3.8) is 0 Å². The van der Waals surface area contributed by atoms with Crippen molar-refractivity contribution in [2.24, 2.45) is 11.8 Å². The number of rotatable bonds is 4. The molecule has 3 rings (SSSR count). The molecule has 18 heavy (non-hydrogen) atoms. The third kappa shape index (κ3) is 2.72. The first-order chi connectivity index (χ1) is 8.74. The normalized spacial score (nSPS) is 25.1. The van der Waals surface area contributed by atoms with E-state index >= 15 is 0 Å². The van der Waals surface area contributed by atoms with Gasteiger partial charge in [0.15, 0.2) is 0 Å². The Hall–Kier alpha value is -0.540. The molecule has 2 fully saturated rings. The lowest BCUT2D eigenvalue weighted by atomic mass is 9.97. The minimum Gasteiger partial charge on any atom is -0.489 e. The van der Waals surface area contributed by atoms with Crippen LogP contribution in [0.3, 0.4) is 0 Å². The molecule has 1 saturated carbocycles. The summed E-state index contributed by atoms with van der Waals surface area (Å²) in [6.45, 7) is 4.37. The van der Waals surface area contributed by atoms with Crippen LogP contribution in [0.2, 0.25) is 0 Å². The molecule has 1 saturated heterocycles. The van der Waals surface area contributed by atoms with Crippen molar-refractivity contribution in [1.29, 1.82) is 0 Å². The van der Waals surface area contributed by atoms with E-state index < -0.39 is 0 Å². The van der Waals surface area contributed by atoms with Gasteiger partial charge >= 0.3 is 0 Å². The molecular weight excluding hydrogens is 290 g/mol. The number of aryl methyl sites for hydroxylation is 1. The van der Waals surface area contributed by atoms with E-state index in [1.165, 1.54) is 24.8 Å². The van der Waals surface area contributed by atoms with E-state index in [0.29, 0.717) is 12.0 Å². The molecule has 2 aliphatic rings. The standard InChI is InChI=1S/C15H20BrNO/c1-10-2-5-14(13(16)8-10)18-15(11-3-4-11)12-6-7-17-9-12/h2,5,8,11-12,15,17H,3-4,6-7,9H2,1H3/t12-,15?/m1/s1. The van der Waals surface area contributed by atoms with E-state index in [9.17, 15) is 0 Å². The Labute approximate surface area is 117 Å². The Kier molecular flexibility index (Phi) is 3.62. The predicted octanol–water partition coefficient (Wildman–Crippen LogP) is 3.52. The summed E-state index contributed by atoms with van der Waals surface area (Å²) in [6, 6.07) is 6.35. The molecule has 2 nitrogen and oxygen atoms in total. The fourth-order valence-corrected chi connectivity index (χ4v) is 3.39. The Balaban J connectivity index is 1.75. The summed E-state index contributed by atoms with van der Waals surface area (Å²) in [7, 11) is 0. The van der Waals surface area contributed by atoms with Crippen LogP contribution in [-0.4, -0.2) is 19.2 Å². The molecule has 0 bridgehead atoms. The minimum atomic E-state index is 0.402. The van der Waals surface area contributed by atoms with Crippen molar-refractivity contribution in [3.8, 4) is 5.75 Å². The first-order valence-corrected chi connectivity index (χ1v) is 7.67. The first kappa shape index (κ1) is 12.5. The summed E-state index contributed by atoms with van der Waals surface area (Å²) in [5.74, 6) is 2.47. The smallest absolute Gasteiger partial charge is 0.133 e. The van der Waals surface area contributed by atoms with Crippen LogP contribution < -0.4 is 10.1 Å². The van der Waals surface area contributed by atoms with Gasteiger partial charge in [0.2, 0.25) is 0 Å². The predicted molar refractivity (Wildman–Crippen MR) is 77.0 cm³/mol. The number of hydrogen-bond donors (Lipinski definition) is 1. The molecule has 0 amide bonds. The number of nitrogens with one attached hydrogen (secondary N) is 1.